The number of nitrogens with zero attached hydrogens (tertiary/aromatic N) is 2. The molecular weight excluding hydrogens is 441 g/mol. The average Bonchev–Trinajstić information content (AvgIpc) is 3.30. The first-order chi connectivity index (χ1) is 16.4. The molecule has 2 atom stereocenters. The maximum atomic E-state index is 14.6. The summed E-state index contributed by atoms with van der Waals surface area (Å²) >= 11 is 0. The van der Waals surface area contributed by atoms with E-state index in [4.69, 9.17) is 15.9 Å². The highest BCUT2D eigenvalue weighted by atomic mass is 19.1. The van der Waals surface area contributed by atoms with Gasteiger partial charge in [0.25, 0.3) is 5.91 Å². The predicted molar refractivity (Wildman–Crippen MR) is 120 cm³/mol. The van der Waals surface area contributed by atoms with E-state index in [0.29, 0.717) is 5.56 Å². The van der Waals surface area contributed by atoms with Gasteiger partial charge in [0.15, 0.2) is 23.5 Å². The van der Waals surface area contributed by atoms with Crippen LogP contribution in [0.5, 0.6) is 0 Å². The fourth-order valence-electron chi connectivity index (χ4n) is 3.20. The smallest absolute Gasteiger partial charge is 0.352 e. The van der Waals surface area contributed by atoms with Crippen LogP contribution in [0.1, 0.15) is 26.9 Å². The largest absolute Gasteiger partial charge is 0.458 e. The summed E-state index contributed by atoms with van der Waals surface area (Å²) in [5, 5.41) is 2.27. The number of carbonyl (C=O) groups is 2. The Balaban J connectivity index is 1.46. The van der Waals surface area contributed by atoms with Crippen molar-refractivity contribution in [3.05, 3.63) is 106 Å². The first-order valence-electron chi connectivity index (χ1n) is 10.1. The highest BCUT2D eigenvalue weighted by molar-refractivity contribution is 6.03. The van der Waals surface area contributed by atoms with Crippen LogP contribution in [-0.4, -0.2) is 33.6 Å². The van der Waals surface area contributed by atoms with Crippen molar-refractivity contribution in [2.75, 3.05) is 11.9 Å². The van der Waals surface area contributed by atoms with Crippen LogP contribution in [0, 0.1) is 18.2 Å². The third-order valence-corrected chi connectivity index (χ3v) is 4.98. The van der Waals surface area contributed by atoms with E-state index in [-0.39, 0.29) is 12.2 Å². The molecule has 1 amide bonds. The van der Waals surface area contributed by atoms with Gasteiger partial charge in [-0.05, 0) is 36.4 Å². The lowest BCUT2D eigenvalue weighted by Crippen LogP contribution is -2.36. The highest BCUT2D eigenvalue weighted by Gasteiger charge is 2.37. The summed E-state index contributed by atoms with van der Waals surface area (Å²) < 4.78 is 26.5. The minimum Gasteiger partial charge on any atom is -0.458 e. The Labute approximate surface area is 193 Å². The molecule has 0 unspecified atom stereocenters. The first kappa shape index (κ1) is 22.6. The van der Waals surface area contributed by atoms with Crippen molar-refractivity contribution in [2.45, 2.75) is 11.8 Å². The van der Waals surface area contributed by atoms with Gasteiger partial charge in [-0.2, -0.15) is 4.98 Å². The Bertz CT molecular complexity index is 1350. The molecule has 0 fully saturated rings. The van der Waals surface area contributed by atoms with Gasteiger partial charge in [0.1, 0.15) is 6.61 Å². The van der Waals surface area contributed by atoms with Crippen molar-refractivity contribution in [3.63, 3.8) is 0 Å². The van der Waals surface area contributed by atoms with E-state index in [2.05, 4.69) is 16.2 Å². The van der Waals surface area contributed by atoms with E-state index in [1.165, 1.54) is 24.3 Å². The molecule has 170 valence electrons. The van der Waals surface area contributed by atoms with E-state index in [9.17, 15) is 18.8 Å². The number of carbonyl (C=O) groups excluding carboxylic acids is 2. The second-order valence-electron chi connectivity index (χ2n) is 7.29. The molecule has 0 radical (unpaired) electrons. The molecule has 0 saturated carbocycles. The maximum Gasteiger partial charge on any atom is 0.352 e. The third kappa shape index (κ3) is 4.77. The number of hydrogen-bond donors (Lipinski definition) is 1. The van der Waals surface area contributed by atoms with Gasteiger partial charge in [-0.25, -0.2) is 14.0 Å². The van der Waals surface area contributed by atoms with Gasteiger partial charge in [0, 0.05) is 5.56 Å². The maximum absolute atomic E-state index is 14.6. The highest BCUT2D eigenvalue weighted by Crippen LogP contribution is 2.29. The number of rotatable bonds is 6. The van der Waals surface area contributed by atoms with Gasteiger partial charge in [-0.15, -0.1) is 6.42 Å². The average molecular weight is 459 g/mol. The summed E-state index contributed by atoms with van der Waals surface area (Å²) in [7, 11) is 0. The van der Waals surface area contributed by atoms with Gasteiger partial charge in [-0.1, -0.05) is 42.3 Å². The van der Waals surface area contributed by atoms with Crippen LogP contribution in [0.2, 0.25) is 0 Å². The molecule has 0 saturated heterocycles. The zero-order valence-corrected chi connectivity index (χ0v) is 17.7. The van der Waals surface area contributed by atoms with Crippen LogP contribution in [-0.2, 0) is 9.47 Å². The second-order valence-corrected chi connectivity index (χ2v) is 7.29. The van der Waals surface area contributed by atoms with Crippen LogP contribution in [0.4, 0.5) is 10.2 Å². The number of amides is 1. The number of anilines is 1. The molecule has 2 aromatic carbocycles. The van der Waals surface area contributed by atoms with Gasteiger partial charge in [-0.3, -0.25) is 9.36 Å². The molecule has 3 aromatic rings. The third-order valence-electron chi connectivity index (χ3n) is 4.98. The minimum absolute atomic E-state index is 0.277. The number of halogens is 1. The molecule has 1 N–H and O–H groups in total. The molecule has 4 rings (SSSR count). The van der Waals surface area contributed by atoms with Crippen LogP contribution < -0.4 is 11.0 Å². The summed E-state index contributed by atoms with van der Waals surface area (Å²) in [5.74, 6) is -0.281. The van der Waals surface area contributed by atoms with Crippen molar-refractivity contribution in [2.24, 2.45) is 0 Å². The fraction of sp³-hybridized carbons (Fsp3) is 0.120. The molecule has 2 heterocycles. The lowest BCUT2D eigenvalue weighted by atomic mass is 10.1. The van der Waals surface area contributed by atoms with E-state index in [1.54, 1.807) is 48.5 Å². The van der Waals surface area contributed by atoms with Crippen molar-refractivity contribution >= 4 is 17.7 Å². The molecule has 1 aliphatic heterocycles. The van der Waals surface area contributed by atoms with Crippen molar-refractivity contribution < 1.29 is 23.5 Å². The van der Waals surface area contributed by atoms with Crippen LogP contribution in [0.3, 0.4) is 0 Å². The molecule has 34 heavy (non-hydrogen) atoms. The number of ether oxygens (including phenoxy) is 2. The molecule has 8 nitrogen and oxygen atoms in total. The molecule has 1 aliphatic rings. The number of aromatic nitrogens is 2. The number of esters is 1. The number of hydrogen-bond acceptors (Lipinski definition) is 6. The Morgan fingerprint density at radius 3 is 2.44 bits per heavy atom. The van der Waals surface area contributed by atoms with Crippen LogP contribution in [0.15, 0.2) is 83.8 Å². The minimum atomic E-state index is -1.45. The van der Waals surface area contributed by atoms with Crippen molar-refractivity contribution in [1.29, 1.82) is 0 Å². The summed E-state index contributed by atoms with van der Waals surface area (Å²) in [5.41, 5.74) is -1.72. The Hall–Kier alpha value is -4.55. The van der Waals surface area contributed by atoms with E-state index >= 15 is 0 Å². The number of benzene rings is 2. The normalized spacial score (nSPS) is 18.8. The van der Waals surface area contributed by atoms with Crippen molar-refractivity contribution in [3.8, 4) is 12.3 Å². The molecule has 9 heteroatoms. The zero-order chi connectivity index (χ0) is 24.1. The van der Waals surface area contributed by atoms with E-state index in [0.717, 1.165) is 10.8 Å². The van der Waals surface area contributed by atoms with E-state index in [1.807, 2.05) is 0 Å². The SMILES string of the molecule is C#C[C@]1(COC(=O)c2ccccc2)C=C[C@@H](n2cc(F)c(NC(=O)c3ccccc3)nc2=O)O1. The molecule has 1 aromatic heterocycles. The molecule has 0 spiro atoms. The van der Waals surface area contributed by atoms with Crippen LogP contribution in [0.25, 0.3) is 0 Å². The quantitative estimate of drug-likeness (QED) is 0.346. The van der Waals surface area contributed by atoms with Gasteiger partial charge in [0.2, 0.25) is 0 Å². The topological polar surface area (TPSA) is 99.5 Å². The summed E-state index contributed by atoms with van der Waals surface area (Å²) in [4.78, 5) is 40.6. The van der Waals surface area contributed by atoms with Gasteiger partial charge < -0.3 is 14.8 Å². The molecular formula is C25H18FN3O5. The summed E-state index contributed by atoms with van der Waals surface area (Å²) in [6, 6.07) is 16.4. The molecule has 0 bridgehead atoms. The van der Waals surface area contributed by atoms with Crippen LogP contribution >= 0.6 is 0 Å². The summed E-state index contributed by atoms with van der Waals surface area (Å²) in [6.07, 6.45) is 8.23. The fourth-order valence-corrected chi connectivity index (χ4v) is 3.20. The Morgan fingerprint density at radius 2 is 1.79 bits per heavy atom. The molecule has 0 aliphatic carbocycles. The van der Waals surface area contributed by atoms with Gasteiger partial charge >= 0.3 is 11.7 Å². The zero-order valence-electron chi connectivity index (χ0n) is 17.7. The van der Waals surface area contributed by atoms with Gasteiger partial charge in [0.05, 0.1) is 11.8 Å². The lowest BCUT2D eigenvalue weighted by Gasteiger charge is -2.24. The standard InChI is InChI=1S/C25H18FN3O5/c1-2-25(16-33-23(31)18-11-7-4-8-12-18)14-13-20(34-25)29-15-19(26)21(28-24(29)32)27-22(30)17-9-5-3-6-10-17/h1,3-15,20H,16H2,(H,27,28,30,32)/t20-,25+/m0/s1. The second kappa shape index (κ2) is 9.52. The lowest BCUT2D eigenvalue weighted by molar-refractivity contribution is -0.0575. The predicted octanol–water partition coefficient (Wildman–Crippen LogP) is 2.95. The monoisotopic (exact) mass is 459 g/mol. The Morgan fingerprint density at radius 1 is 1.15 bits per heavy atom. The first-order valence-corrected chi connectivity index (χ1v) is 10.1. The van der Waals surface area contributed by atoms with E-state index < -0.39 is 41.0 Å². The number of nitrogens with one attached hydrogen (secondary N) is 1. The van der Waals surface area contributed by atoms with Crippen molar-refractivity contribution in [1.82, 2.24) is 9.55 Å². The Kier molecular flexibility index (Phi) is 6.34. The number of terminal acetylenes is 1. The summed E-state index contributed by atoms with van der Waals surface area (Å²) in [6.45, 7) is -0.319.